The van der Waals surface area contributed by atoms with E-state index in [0.717, 1.165) is 42.4 Å². The van der Waals surface area contributed by atoms with Gasteiger partial charge in [0.05, 0.1) is 0 Å². The van der Waals surface area contributed by atoms with Gasteiger partial charge < -0.3 is 4.90 Å². The smallest absolute Gasteiger partial charge is 0.222 e. The summed E-state index contributed by atoms with van der Waals surface area (Å²) in [7, 11) is 0. The molecule has 5 heteroatoms. The Morgan fingerprint density at radius 1 is 1.53 bits per heavy atom. The average molecular weight is 253 g/mol. The van der Waals surface area contributed by atoms with Gasteiger partial charge in [0.15, 0.2) is 0 Å². The first-order chi connectivity index (χ1) is 8.20. The quantitative estimate of drug-likeness (QED) is 0.830. The van der Waals surface area contributed by atoms with Crippen LogP contribution in [-0.4, -0.2) is 34.1 Å². The van der Waals surface area contributed by atoms with Gasteiger partial charge in [-0.3, -0.25) is 4.79 Å². The second kappa shape index (κ2) is 5.58. The van der Waals surface area contributed by atoms with Crippen molar-refractivity contribution in [1.29, 1.82) is 0 Å². The van der Waals surface area contributed by atoms with Crippen molar-refractivity contribution >= 4 is 17.2 Å². The molecule has 0 saturated carbocycles. The van der Waals surface area contributed by atoms with Crippen molar-refractivity contribution in [2.45, 2.75) is 45.4 Å². The molecule has 2 rings (SSSR count). The number of hydrogen-bond donors (Lipinski definition) is 0. The van der Waals surface area contributed by atoms with E-state index in [9.17, 15) is 4.79 Å². The first-order valence-corrected chi connectivity index (χ1v) is 7.10. The van der Waals surface area contributed by atoms with E-state index in [-0.39, 0.29) is 0 Å². The van der Waals surface area contributed by atoms with E-state index in [1.54, 1.807) is 11.3 Å². The van der Waals surface area contributed by atoms with Crippen molar-refractivity contribution in [3.8, 4) is 0 Å². The predicted octanol–water partition coefficient (Wildman–Crippen LogP) is 2.35. The van der Waals surface area contributed by atoms with Crippen LogP contribution in [0.1, 0.15) is 48.5 Å². The maximum Gasteiger partial charge on any atom is 0.222 e. The van der Waals surface area contributed by atoms with Crippen molar-refractivity contribution < 1.29 is 4.79 Å². The molecule has 0 aliphatic carbocycles. The second-order valence-electron chi connectivity index (χ2n) is 4.59. The fraction of sp³-hybridized carbons (Fsp3) is 0.750. The lowest BCUT2D eigenvalue weighted by Gasteiger charge is -2.31. The van der Waals surface area contributed by atoms with Crippen molar-refractivity contribution in [3.05, 3.63) is 10.0 Å². The molecule has 94 valence electrons. The first-order valence-electron chi connectivity index (χ1n) is 6.28. The highest BCUT2D eigenvalue weighted by Gasteiger charge is 2.26. The number of amides is 1. The summed E-state index contributed by atoms with van der Waals surface area (Å²) in [4.78, 5) is 13.9. The molecule has 4 nitrogen and oxygen atoms in total. The van der Waals surface area contributed by atoms with Crippen LogP contribution in [0.25, 0.3) is 0 Å². The van der Waals surface area contributed by atoms with E-state index >= 15 is 0 Å². The molecule has 1 amide bonds. The molecule has 1 atom stereocenters. The molecule has 0 spiro atoms. The Bertz CT molecular complexity index is 391. The van der Waals surface area contributed by atoms with Crippen molar-refractivity contribution in [1.82, 2.24) is 15.1 Å². The Hall–Kier alpha value is -0.970. The van der Waals surface area contributed by atoms with Gasteiger partial charge in [0.2, 0.25) is 5.91 Å². The molecule has 1 aliphatic rings. The van der Waals surface area contributed by atoms with E-state index in [1.807, 2.05) is 18.7 Å². The summed E-state index contributed by atoms with van der Waals surface area (Å²) in [6, 6.07) is 0. The molecule has 0 aromatic carbocycles. The van der Waals surface area contributed by atoms with Crippen LogP contribution in [-0.2, 0) is 4.79 Å². The molecule has 0 N–H and O–H groups in total. The molecule has 17 heavy (non-hydrogen) atoms. The van der Waals surface area contributed by atoms with Crippen molar-refractivity contribution in [3.63, 3.8) is 0 Å². The molecule has 1 saturated heterocycles. The van der Waals surface area contributed by atoms with E-state index in [0.29, 0.717) is 18.2 Å². The van der Waals surface area contributed by atoms with E-state index < -0.39 is 0 Å². The zero-order valence-electron chi connectivity index (χ0n) is 10.5. The van der Waals surface area contributed by atoms with Crippen molar-refractivity contribution in [2.75, 3.05) is 13.1 Å². The summed E-state index contributed by atoms with van der Waals surface area (Å²) in [5.41, 5.74) is 0. The molecule has 1 fully saturated rings. The summed E-state index contributed by atoms with van der Waals surface area (Å²) in [6.45, 7) is 5.76. The Labute approximate surface area is 106 Å². The Morgan fingerprint density at radius 3 is 3.00 bits per heavy atom. The molecular weight excluding hydrogens is 234 g/mol. The van der Waals surface area contributed by atoms with Crippen LogP contribution in [0.5, 0.6) is 0 Å². The number of carbonyl (C=O) groups is 1. The summed E-state index contributed by atoms with van der Waals surface area (Å²) in [5.74, 6) is 0.689. The zero-order chi connectivity index (χ0) is 12.3. The van der Waals surface area contributed by atoms with Crippen LogP contribution < -0.4 is 0 Å². The standard InChI is InChI=1S/C12H19N3OS/c1-3-5-11(16)15-7-4-6-10(8-15)12-14-13-9(2)17-12/h10H,3-8H2,1-2H3. The van der Waals surface area contributed by atoms with Crippen LogP contribution >= 0.6 is 11.3 Å². The third-order valence-electron chi connectivity index (χ3n) is 3.13. The summed E-state index contributed by atoms with van der Waals surface area (Å²) in [5, 5.41) is 10.4. The first kappa shape index (κ1) is 12.5. The minimum Gasteiger partial charge on any atom is -0.342 e. The second-order valence-corrected chi connectivity index (χ2v) is 5.80. The van der Waals surface area contributed by atoms with Crippen LogP contribution in [0.15, 0.2) is 0 Å². The number of likely N-dealkylation sites (tertiary alicyclic amines) is 1. The number of rotatable bonds is 3. The summed E-state index contributed by atoms with van der Waals surface area (Å²) in [6.07, 6.45) is 3.81. The minimum atomic E-state index is 0.290. The van der Waals surface area contributed by atoms with Gasteiger partial charge in [-0.1, -0.05) is 6.92 Å². The van der Waals surface area contributed by atoms with Gasteiger partial charge in [0.25, 0.3) is 0 Å². The minimum absolute atomic E-state index is 0.290. The zero-order valence-corrected chi connectivity index (χ0v) is 11.3. The third kappa shape index (κ3) is 3.03. The Kier molecular flexibility index (Phi) is 4.10. The molecule has 0 radical (unpaired) electrons. The Balaban J connectivity index is 1.99. The van der Waals surface area contributed by atoms with Gasteiger partial charge in [0.1, 0.15) is 10.0 Å². The van der Waals surface area contributed by atoms with Crippen LogP contribution in [0.3, 0.4) is 0 Å². The molecule has 1 aromatic rings. The van der Waals surface area contributed by atoms with E-state index in [4.69, 9.17) is 0 Å². The summed E-state index contributed by atoms with van der Waals surface area (Å²) < 4.78 is 0. The topological polar surface area (TPSA) is 46.1 Å². The molecular formula is C12H19N3OS. The lowest BCUT2D eigenvalue weighted by Crippen LogP contribution is -2.38. The summed E-state index contributed by atoms with van der Waals surface area (Å²) >= 11 is 1.66. The van der Waals surface area contributed by atoms with Gasteiger partial charge in [-0.2, -0.15) is 0 Å². The van der Waals surface area contributed by atoms with Crippen molar-refractivity contribution in [2.24, 2.45) is 0 Å². The van der Waals surface area contributed by atoms with Gasteiger partial charge in [-0.25, -0.2) is 0 Å². The normalized spacial score (nSPS) is 20.6. The number of aryl methyl sites for hydroxylation is 1. The van der Waals surface area contributed by atoms with Gasteiger partial charge >= 0.3 is 0 Å². The van der Waals surface area contributed by atoms with Crippen LogP contribution in [0.4, 0.5) is 0 Å². The van der Waals surface area contributed by atoms with Gasteiger partial charge in [-0.15, -0.1) is 21.5 Å². The van der Waals surface area contributed by atoms with Gasteiger partial charge in [-0.05, 0) is 26.2 Å². The van der Waals surface area contributed by atoms with Crippen LogP contribution in [0, 0.1) is 6.92 Å². The lowest BCUT2D eigenvalue weighted by molar-refractivity contribution is -0.132. The largest absolute Gasteiger partial charge is 0.342 e. The maximum absolute atomic E-state index is 11.9. The number of piperidine rings is 1. The monoisotopic (exact) mass is 253 g/mol. The Morgan fingerprint density at radius 2 is 2.35 bits per heavy atom. The highest BCUT2D eigenvalue weighted by molar-refractivity contribution is 7.11. The lowest BCUT2D eigenvalue weighted by atomic mass is 9.98. The molecule has 1 unspecified atom stereocenters. The SMILES string of the molecule is CCCC(=O)N1CCCC(c2nnc(C)s2)C1. The van der Waals surface area contributed by atoms with Gasteiger partial charge in [0, 0.05) is 25.4 Å². The molecule has 0 bridgehead atoms. The average Bonchev–Trinajstić information content (AvgIpc) is 2.76. The number of hydrogen-bond acceptors (Lipinski definition) is 4. The highest BCUT2D eigenvalue weighted by Crippen LogP contribution is 2.29. The molecule has 1 aliphatic heterocycles. The number of nitrogens with zero attached hydrogens (tertiary/aromatic N) is 3. The highest BCUT2D eigenvalue weighted by atomic mass is 32.1. The predicted molar refractivity (Wildman–Crippen MR) is 68.1 cm³/mol. The maximum atomic E-state index is 11.9. The fourth-order valence-electron chi connectivity index (χ4n) is 2.25. The van der Waals surface area contributed by atoms with E-state index in [1.165, 1.54) is 0 Å². The molecule has 1 aromatic heterocycles. The van der Waals surface area contributed by atoms with E-state index in [2.05, 4.69) is 10.2 Å². The number of carbonyl (C=O) groups excluding carboxylic acids is 1. The fourth-order valence-corrected chi connectivity index (χ4v) is 3.08. The molecule has 2 heterocycles. The third-order valence-corrected chi connectivity index (χ3v) is 4.13. The number of aromatic nitrogens is 2. The van der Waals surface area contributed by atoms with Crippen LogP contribution in [0.2, 0.25) is 0 Å².